The monoisotopic (exact) mass is 211 g/mol. The summed E-state index contributed by atoms with van der Waals surface area (Å²) >= 11 is 0. The average Bonchev–Trinajstić information content (AvgIpc) is 2.57. The van der Waals surface area contributed by atoms with Crippen molar-refractivity contribution in [2.45, 2.75) is 19.9 Å². The lowest BCUT2D eigenvalue weighted by Crippen LogP contribution is -2.21. The van der Waals surface area contributed by atoms with E-state index in [1.54, 1.807) is 10.7 Å². The summed E-state index contributed by atoms with van der Waals surface area (Å²) < 4.78 is 1.56. The number of likely N-dealkylation sites (N-methyl/N-ethyl adjacent to an activating group) is 1. The number of nitrogens with zero attached hydrogens (tertiary/aromatic N) is 3. The summed E-state index contributed by atoms with van der Waals surface area (Å²) in [6.45, 7) is 3.35. The maximum atomic E-state index is 10.9. The molecule has 1 aromatic rings. The van der Waals surface area contributed by atoms with Gasteiger partial charge in [0.25, 0.3) is 0 Å². The standard InChI is InChI=1S/C10H17N3O2/c1-4-8-7-9(10(14)15)13(11-8)6-5-12(2)3/h7H,4-6H2,1-3H3,(H,14,15). The number of aromatic carboxylic acids is 1. The quantitative estimate of drug-likeness (QED) is 0.779. The summed E-state index contributed by atoms with van der Waals surface area (Å²) in [4.78, 5) is 12.9. The molecule has 0 aromatic carbocycles. The van der Waals surface area contributed by atoms with Crippen molar-refractivity contribution in [3.05, 3.63) is 17.5 Å². The average molecular weight is 211 g/mol. The van der Waals surface area contributed by atoms with Crippen molar-refractivity contribution in [3.8, 4) is 0 Å². The largest absolute Gasteiger partial charge is 0.477 e. The summed E-state index contributed by atoms with van der Waals surface area (Å²) in [5.74, 6) is -0.916. The van der Waals surface area contributed by atoms with E-state index in [0.29, 0.717) is 6.54 Å². The molecule has 0 amide bonds. The highest BCUT2D eigenvalue weighted by atomic mass is 16.4. The Labute approximate surface area is 89.3 Å². The predicted molar refractivity (Wildman–Crippen MR) is 57.1 cm³/mol. The lowest BCUT2D eigenvalue weighted by atomic mass is 10.3. The van der Waals surface area contributed by atoms with Crippen LogP contribution in [0.5, 0.6) is 0 Å². The van der Waals surface area contributed by atoms with E-state index in [4.69, 9.17) is 5.11 Å². The Morgan fingerprint density at radius 2 is 2.27 bits per heavy atom. The van der Waals surface area contributed by atoms with Gasteiger partial charge in [0.05, 0.1) is 12.2 Å². The van der Waals surface area contributed by atoms with Crippen LogP contribution in [0.4, 0.5) is 0 Å². The van der Waals surface area contributed by atoms with Crippen molar-refractivity contribution in [3.63, 3.8) is 0 Å². The highest BCUT2D eigenvalue weighted by Crippen LogP contribution is 2.05. The number of hydrogen-bond donors (Lipinski definition) is 1. The minimum Gasteiger partial charge on any atom is -0.477 e. The third-order valence-electron chi connectivity index (χ3n) is 2.17. The van der Waals surface area contributed by atoms with E-state index in [2.05, 4.69) is 5.10 Å². The second kappa shape index (κ2) is 4.93. The molecule has 0 unspecified atom stereocenters. The topological polar surface area (TPSA) is 58.4 Å². The molecule has 5 heteroatoms. The molecule has 0 atom stereocenters. The van der Waals surface area contributed by atoms with E-state index in [1.807, 2.05) is 25.9 Å². The van der Waals surface area contributed by atoms with Crippen LogP contribution in [-0.2, 0) is 13.0 Å². The Kier molecular flexibility index (Phi) is 3.85. The first-order valence-electron chi connectivity index (χ1n) is 4.99. The van der Waals surface area contributed by atoms with Gasteiger partial charge in [-0.05, 0) is 26.6 Å². The molecule has 0 fully saturated rings. The van der Waals surface area contributed by atoms with Gasteiger partial charge in [-0.2, -0.15) is 5.10 Å². The lowest BCUT2D eigenvalue weighted by Gasteiger charge is -2.10. The van der Waals surface area contributed by atoms with Gasteiger partial charge in [-0.15, -0.1) is 0 Å². The van der Waals surface area contributed by atoms with Crippen LogP contribution in [0.3, 0.4) is 0 Å². The van der Waals surface area contributed by atoms with Gasteiger partial charge in [0, 0.05) is 6.54 Å². The van der Waals surface area contributed by atoms with Crippen LogP contribution in [0.15, 0.2) is 6.07 Å². The van der Waals surface area contributed by atoms with Crippen LogP contribution in [-0.4, -0.2) is 46.4 Å². The minimum atomic E-state index is -0.916. The molecule has 1 N–H and O–H groups in total. The van der Waals surface area contributed by atoms with Crippen molar-refractivity contribution in [2.24, 2.45) is 0 Å². The molecule has 1 rings (SSSR count). The normalized spacial score (nSPS) is 10.9. The van der Waals surface area contributed by atoms with Crippen molar-refractivity contribution in [2.75, 3.05) is 20.6 Å². The van der Waals surface area contributed by atoms with Crippen LogP contribution in [0.1, 0.15) is 23.1 Å². The zero-order chi connectivity index (χ0) is 11.4. The fraction of sp³-hybridized carbons (Fsp3) is 0.600. The number of rotatable bonds is 5. The van der Waals surface area contributed by atoms with Crippen LogP contribution >= 0.6 is 0 Å². The van der Waals surface area contributed by atoms with Crippen LogP contribution in [0.25, 0.3) is 0 Å². The Morgan fingerprint density at radius 3 is 2.73 bits per heavy atom. The fourth-order valence-corrected chi connectivity index (χ4v) is 1.28. The van der Waals surface area contributed by atoms with Crippen molar-refractivity contribution in [1.29, 1.82) is 0 Å². The molecular weight excluding hydrogens is 194 g/mol. The minimum absolute atomic E-state index is 0.272. The Hall–Kier alpha value is -1.36. The van der Waals surface area contributed by atoms with Crippen LogP contribution in [0, 0.1) is 0 Å². The zero-order valence-electron chi connectivity index (χ0n) is 9.40. The number of aromatic nitrogens is 2. The highest BCUT2D eigenvalue weighted by molar-refractivity contribution is 5.85. The van der Waals surface area contributed by atoms with Gasteiger partial charge in [-0.3, -0.25) is 4.68 Å². The third-order valence-corrected chi connectivity index (χ3v) is 2.17. The number of carboxylic acid groups (broad SMARTS) is 1. The summed E-state index contributed by atoms with van der Waals surface area (Å²) in [5, 5.41) is 13.2. The third kappa shape index (κ3) is 3.06. The smallest absolute Gasteiger partial charge is 0.354 e. The second-order valence-electron chi connectivity index (χ2n) is 3.71. The molecule has 0 spiro atoms. The van der Waals surface area contributed by atoms with Crippen LogP contribution in [0.2, 0.25) is 0 Å². The SMILES string of the molecule is CCc1cc(C(=O)O)n(CCN(C)C)n1. The highest BCUT2D eigenvalue weighted by Gasteiger charge is 2.13. The summed E-state index contributed by atoms with van der Waals surface area (Å²) in [6.07, 6.45) is 0.759. The van der Waals surface area contributed by atoms with Gasteiger partial charge in [-0.25, -0.2) is 4.79 Å². The molecule has 0 bridgehead atoms. The number of carboxylic acids is 1. The van der Waals surface area contributed by atoms with E-state index in [1.165, 1.54) is 0 Å². The molecule has 84 valence electrons. The fourth-order valence-electron chi connectivity index (χ4n) is 1.28. The second-order valence-corrected chi connectivity index (χ2v) is 3.71. The Bertz CT molecular complexity index is 344. The molecule has 5 nitrogen and oxygen atoms in total. The summed E-state index contributed by atoms with van der Waals surface area (Å²) in [7, 11) is 3.90. The molecule has 0 radical (unpaired) electrons. The number of hydrogen-bond acceptors (Lipinski definition) is 3. The molecular formula is C10H17N3O2. The van der Waals surface area contributed by atoms with Gasteiger partial charge in [-0.1, -0.05) is 6.92 Å². The maximum absolute atomic E-state index is 10.9. The van der Waals surface area contributed by atoms with E-state index in [0.717, 1.165) is 18.7 Å². The molecule has 0 aliphatic heterocycles. The molecule has 1 heterocycles. The first-order valence-corrected chi connectivity index (χ1v) is 4.99. The molecule has 1 aromatic heterocycles. The molecule has 0 aliphatic rings. The maximum Gasteiger partial charge on any atom is 0.354 e. The van der Waals surface area contributed by atoms with Gasteiger partial charge in [0.1, 0.15) is 5.69 Å². The first-order chi connectivity index (χ1) is 7.04. The van der Waals surface area contributed by atoms with Gasteiger partial charge < -0.3 is 10.0 Å². The number of aryl methyl sites for hydroxylation is 1. The van der Waals surface area contributed by atoms with Crippen molar-refractivity contribution >= 4 is 5.97 Å². The summed E-state index contributed by atoms with van der Waals surface area (Å²) in [6, 6.07) is 1.64. The van der Waals surface area contributed by atoms with Gasteiger partial charge in [0.15, 0.2) is 0 Å². The molecule has 0 aliphatic carbocycles. The van der Waals surface area contributed by atoms with Gasteiger partial charge in [0.2, 0.25) is 0 Å². The zero-order valence-corrected chi connectivity index (χ0v) is 9.40. The van der Waals surface area contributed by atoms with E-state index in [-0.39, 0.29) is 5.69 Å². The van der Waals surface area contributed by atoms with Crippen molar-refractivity contribution in [1.82, 2.24) is 14.7 Å². The van der Waals surface area contributed by atoms with E-state index >= 15 is 0 Å². The van der Waals surface area contributed by atoms with Gasteiger partial charge >= 0.3 is 5.97 Å². The molecule has 15 heavy (non-hydrogen) atoms. The lowest BCUT2D eigenvalue weighted by molar-refractivity contribution is 0.0682. The van der Waals surface area contributed by atoms with E-state index < -0.39 is 5.97 Å². The Balaban J connectivity index is 2.84. The first kappa shape index (κ1) is 11.7. The molecule has 0 saturated carbocycles. The molecule has 0 saturated heterocycles. The Morgan fingerprint density at radius 1 is 1.60 bits per heavy atom. The summed E-state index contributed by atoms with van der Waals surface area (Å²) in [5.41, 5.74) is 1.10. The van der Waals surface area contributed by atoms with Crippen LogP contribution < -0.4 is 0 Å². The predicted octanol–water partition coefficient (Wildman–Crippen LogP) is 0.705. The number of carbonyl (C=O) groups is 1. The van der Waals surface area contributed by atoms with E-state index in [9.17, 15) is 4.79 Å². The van der Waals surface area contributed by atoms with Crippen molar-refractivity contribution < 1.29 is 9.90 Å².